The molecular formula is C83H98BrFN24O22S4. The third-order valence-corrected chi connectivity index (χ3v) is 25.3. The van der Waals surface area contributed by atoms with Gasteiger partial charge in [-0.1, -0.05) is 48.0 Å². The van der Waals surface area contributed by atoms with Crippen LogP contribution in [0.1, 0.15) is 149 Å². The number of anilines is 3. The topological polar surface area (TPSA) is 691 Å². The molecule has 5 saturated carbocycles. The second kappa shape index (κ2) is 44.5. The highest BCUT2D eigenvalue weighted by atomic mass is 79.9. The molecule has 0 spiro atoms. The second-order valence-corrected chi connectivity index (χ2v) is 39.0. The molecule has 9 aromatic heterocycles. The number of ketones is 4. The molecule has 11 aromatic rings. The molecule has 14 atom stereocenters. The number of aliphatic hydroxyl groups excluding tert-OH is 6. The number of aromatic nitrogens is 17. The molecule has 17 N–H and O–H groups in total. The fourth-order valence-electron chi connectivity index (χ4n) is 16.0. The monoisotopic (exact) mass is 2010 g/mol. The highest BCUT2D eigenvalue weighted by Gasteiger charge is 2.45. The molecule has 0 unspecified atom stereocenters. The predicted octanol–water partition coefficient (Wildman–Crippen LogP) is 1.49. The molecule has 0 bridgehead atoms. The first kappa shape index (κ1) is 101. The number of aliphatic hydroxyl groups is 6. The summed E-state index contributed by atoms with van der Waals surface area (Å²) >= 11 is 3.39. The van der Waals surface area contributed by atoms with E-state index in [9.17, 15) is 87.9 Å². The summed E-state index contributed by atoms with van der Waals surface area (Å²) in [5.74, 6) is -2.86. The van der Waals surface area contributed by atoms with Crippen molar-refractivity contribution in [3.05, 3.63) is 249 Å². The molecular weight excluding hydrogens is 1910 g/mol. The maximum atomic E-state index is 14.1. The quantitative estimate of drug-likeness (QED) is 0.0247. The van der Waals surface area contributed by atoms with E-state index >= 15 is 0 Å². The molecule has 2 aromatic carbocycles. The molecule has 5 fully saturated rings. The zero-order valence-corrected chi connectivity index (χ0v) is 77.1. The zero-order valence-electron chi connectivity index (χ0n) is 72.2. The Morgan fingerprint density at radius 3 is 1.43 bits per heavy atom. The van der Waals surface area contributed by atoms with Crippen molar-refractivity contribution in [1.82, 2.24) is 84.0 Å². The van der Waals surface area contributed by atoms with Gasteiger partial charge in [0.15, 0.2) is 0 Å². The van der Waals surface area contributed by atoms with Crippen LogP contribution in [0.2, 0.25) is 0 Å². The minimum absolute atomic E-state index is 0.00730. The average molecular weight is 2010 g/mol. The molecule has 0 radical (unpaired) electrons. The van der Waals surface area contributed by atoms with E-state index in [-0.39, 0.29) is 138 Å². The number of aryl methyl sites for hydroxylation is 2. The van der Waals surface area contributed by atoms with E-state index < -0.39 is 119 Å². The van der Waals surface area contributed by atoms with E-state index in [1.54, 1.807) is 75.4 Å². The summed E-state index contributed by atoms with van der Waals surface area (Å²) in [5, 5.41) is 108. The number of carbonyl (C=O) groups excluding carboxylic acids is 4. The van der Waals surface area contributed by atoms with E-state index in [1.807, 2.05) is 50.2 Å². The smallest absolute Gasteiger partial charge is 0.333 e. The lowest BCUT2D eigenvalue weighted by molar-refractivity contribution is 0.00774. The zero-order chi connectivity index (χ0) is 96.8. The Labute approximate surface area is 781 Å². The van der Waals surface area contributed by atoms with E-state index in [1.165, 1.54) is 79.8 Å². The van der Waals surface area contributed by atoms with Crippen LogP contribution in [-0.2, 0) is 90.5 Å². The maximum absolute atomic E-state index is 14.1. The summed E-state index contributed by atoms with van der Waals surface area (Å²) in [6, 6.07) is 21.2. The van der Waals surface area contributed by atoms with Crippen LogP contribution in [0.25, 0.3) is 0 Å². The number of rotatable bonds is 36. The van der Waals surface area contributed by atoms with Crippen molar-refractivity contribution < 1.29 is 105 Å². The second-order valence-electron chi connectivity index (χ2n) is 33.2. The van der Waals surface area contributed by atoms with Gasteiger partial charge in [-0.05, 0) is 147 Å². The van der Waals surface area contributed by atoms with Crippen molar-refractivity contribution in [1.29, 1.82) is 0 Å². The first-order valence-electron chi connectivity index (χ1n) is 42.1. The van der Waals surface area contributed by atoms with Crippen molar-refractivity contribution in [2.75, 3.05) is 42.4 Å². The number of nitrogens with zero attached hydrogens (tertiary/aromatic N) is 17. The first-order valence-corrected chi connectivity index (χ1v) is 48.7. The lowest BCUT2D eigenvalue weighted by Crippen LogP contribution is -2.36. The highest BCUT2D eigenvalue weighted by molar-refractivity contribution is 9.10. The summed E-state index contributed by atoms with van der Waals surface area (Å²) in [4.78, 5) is 89.2. The fourth-order valence-corrected chi connectivity index (χ4v) is 17.9. The van der Waals surface area contributed by atoms with Gasteiger partial charge in [-0.3, -0.25) is 59.6 Å². The molecule has 5 aliphatic rings. The van der Waals surface area contributed by atoms with Gasteiger partial charge >= 0.3 is 41.2 Å². The van der Waals surface area contributed by atoms with Crippen LogP contribution in [0.4, 0.5) is 21.8 Å². The number of nitrogens with one attached hydrogen (secondary N) is 3. The van der Waals surface area contributed by atoms with Gasteiger partial charge in [0.25, 0.3) is 0 Å². The standard InChI is InChI=1S/C22H25FN6O5S.C22H26N6O6S.C21H23BrN6O5S.C18H24N6O6S/c1-13-2-3-18(23)14(6-13)10-29-5-4-19(28-29)21(31)17-9-25-12-26-22(17)27-16-7-15(20(30)8-16)11-34-35(24,32)33;1-13-7-18(27-28(13)10-14-5-3-2-4-6-14)20(30)16-9-24-12-25-22(16)26-17-8-15(19(29)21(17)31)11-34-35(23,32)33;22-16-4-14(7-24-8-16)10-28-2-1-18(27-28)21(30)17-9-25-12-26-19(17)5-13-3-15(20(29)6-13)11-33-34(23,31)32;19-31(28,29)30-8-11-5-14(17(27)15(11)25)22-18-12(6-20-9-21-18)16(26)13-3-4-24(23-13)7-10-1-2-10/h2-6,9,12,15-16,20,30H,7-8,10-11H2,1H3,(H2,24,32,33)(H,25,26,27);2-7,9,12,15,17,19,21,29,31H,8,10-11H2,1H3,(H2,23,32,33)(H,24,25,26);1-2,4,7-9,12-13,15,20,29H,3,5-6,10-11H2,(H2,23,31,32);3-4,6,9-11,14-15,17,25,27H,1-2,5,7-8H2,(H2,19,28,29)(H,20,21,22)/t15-,16-,20+;15-,17-,19-,21+;13-,15+,20-;11-,14-,15-,17+/m1101/s1. The lowest BCUT2D eigenvalue weighted by atomic mass is 9.96. The Hall–Kier alpha value is -11.5. The molecule has 0 amide bonds. The van der Waals surface area contributed by atoms with Crippen molar-refractivity contribution >= 4 is 97.7 Å². The van der Waals surface area contributed by atoms with E-state index in [2.05, 4.69) is 114 Å². The van der Waals surface area contributed by atoms with Crippen molar-refractivity contribution in [3.63, 3.8) is 0 Å². The summed E-state index contributed by atoms with van der Waals surface area (Å²) < 4.78 is 128. The van der Waals surface area contributed by atoms with Gasteiger partial charge in [0.1, 0.15) is 83.6 Å². The van der Waals surface area contributed by atoms with E-state index in [0.717, 1.165) is 33.4 Å². The van der Waals surface area contributed by atoms with Crippen molar-refractivity contribution in [2.45, 2.75) is 153 Å². The van der Waals surface area contributed by atoms with Crippen LogP contribution in [0, 0.1) is 55.2 Å². The Bertz CT molecular complexity index is 6510. The first-order chi connectivity index (χ1) is 64.1. The van der Waals surface area contributed by atoms with Crippen LogP contribution in [0.15, 0.2) is 164 Å². The molecule has 9 heterocycles. The summed E-state index contributed by atoms with van der Waals surface area (Å²) in [6.07, 6.45) is 17.4. The number of nitrogens with two attached hydrogens (primary N) is 4. The van der Waals surface area contributed by atoms with Crippen LogP contribution < -0.4 is 36.5 Å². The Morgan fingerprint density at radius 1 is 0.452 bits per heavy atom. The minimum atomic E-state index is -4.19. The fraction of sp³-hybridized carbons (Fsp3) is 0.410. The van der Waals surface area contributed by atoms with E-state index in [4.69, 9.17) is 20.6 Å². The number of hydrogen-bond donors (Lipinski definition) is 13. The third kappa shape index (κ3) is 28.6. The summed E-state index contributed by atoms with van der Waals surface area (Å²) in [5.41, 5.74) is 6.40. The molecule has 0 saturated heterocycles. The molecule has 52 heteroatoms. The Balaban J connectivity index is 0.000000153. The summed E-state index contributed by atoms with van der Waals surface area (Å²) in [6.45, 7) is 4.44. The largest absolute Gasteiger partial charge is 0.393 e. The number of halogens is 2. The molecule has 720 valence electrons. The van der Waals surface area contributed by atoms with Gasteiger partial charge in [-0.15, -0.1) is 0 Å². The van der Waals surface area contributed by atoms with E-state index in [0.29, 0.717) is 67.9 Å². The van der Waals surface area contributed by atoms with Gasteiger partial charge in [0, 0.05) is 108 Å². The lowest BCUT2D eigenvalue weighted by Gasteiger charge is -2.19. The number of carbonyl (C=O) groups is 4. The van der Waals surface area contributed by atoms with Crippen LogP contribution in [-0.4, -0.2) is 253 Å². The molecule has 0 aliphatic heterocycles. The molecule has 46 nitrogen and oxygen atoms in total. The van der Waals surface area contributed by atoms with Gasteiger partial charge in [-0.2, -0.15) is 54.1 Å². The number of pyridine rings is 1. The van der Waals surface area contributed by atoms with Crippen LogP contribution in [0.3, 0.4) is 0 Å². The molecule has 135 heavy (non-hydrogen) atoms. The van der Waals surface area contributed by atoms with Gasteiger partial charge in [0.05, 0.1) is 111 Å². The maximum Gasteiger partial charge on any atom is 0.333 e. The normalized spacial score (nSPS) is 22.2. The van der Waals surface area contributed by atoms with Crippen LogP contribution >= 0.6 is 15.9 Å². The SMILES string of the molecule is Cc1cc(C(=O)c2cncnc2N[C@@H]2C[C@H](COS(N)(=O)=O)[C@@H](O)[C@H]2O)nn1Cc1ccccc1.Cc1ccc(F)c(Cn2ccc(C(=O)c3cncnc3N[C@@H]3C[C@H](COS(N)(=O)=O)[C@@H](O)C3)n2)c1.NS(=O)(=O)OC[C@H]1C[C@@H](Cc2ncncc2C(=O)c2ccn(Cc3cncc(Br)c3)n2)C[C@@H]1O.NS(=O)(=O)OC[C@H]1C[C@@H](Nc2ncncc2C(=O)c2ccn(CC3CC3)n2)[C@H](O)[C@@H]1O. The van der Waals surface area contributed by atoms with Gasteiger partial charge in [0.2, 0.25) is 23.1 Å². The third-order valence-electron chi connectivity index (χ3n) is 23.0. The van der Waals surface area contributed by atoms with Gasteiger partial charge < -0.3 is 46.6 Å². The van der Waals surface area contributed by atoms with Crippen molar-refractivity contribution in [2.24, 2.45) is 56.1 Å². The molecule has 16 rings (SSSR count). The number of hydrogen-bond acceptors (Lipinski definition) is 38. The highest BCUT2D eigenvalue weighted by Crippen LogP contribution is 2.38. The number of benzene rings is 2. The predicted molar refractivity (Wildman–Crippen MR) is 478 cm³/mol. The van der Waals surface area contributed by atoms with Crippen LogP contribution in [0.5, 0.6) is 0 Å². The minimum Gasteiger partial charge on any atom is -0.393 e. The average Bonchev–Trinajstić information content (AvgIpc) is 1.71. The Kier molecular flexibility index (Phi) is 33.3. The van der Waals surface area contributed by atoms with Gasteiger partial charge in [-0.25, -0.2) is 64.8 Å². The van der Waals surface area contributed by atoms with Crippen molar-refractivity contribution in [3.8, 4) is 0 Å². The Morgan fingerprint density at radius 2 is 0.911 bits per heavy atom. The molecule has 5 aliphatic carbocycles. The summed E-state index contributed by atoms with van der Waals surface area (Å²) in [7, 11) is -16.5.